The van der Waals surface area contributed by atoms with Crippen LogP contribution in [0.25, 0.3) is 10.2 Å². The van der Waals surface area contributed by atoms with Crippen LogP contribution in [0.5, 0.6) is 0 Å². The first-order chi connectivity index (χ1) is 11.1. The molecule has 1 aromatic carbocycles. The molecular weight excluding hydrogens is 337 g/mol. The summed E-state index contributed by atoms with van der Waals surface area (Å²) in [5, 5.41) is 16.3. The van der Waals surface area contributed by atoms with Crippen LogP contribution in [0.4, 0.5) is 10.2 Å². The van der Waals surface area contributed by atoms with Gasteiger partial charge in [0.2, 0.25) is 0 Å². The zero-order valence-corrected chi connectivity index (χ0v) is 14.0. The van der Waals surface area contributed by atoms with Crippen LogP contribution >= 0.6 is 22.9 Å². The predicted molar refractivity (Wildman–Crippen MR) is 91.7 cm³/mol. The van der Waals surface area contributed by atoms with Crippen LogP contribution in [0.3, 0.4) is 0 Å². The first kappa shape index (κ1) is 16.1. The van der Waals surface area contributed by atoms with E-state index in [1.54, 1.807) is 17.4 Å². The molecule has 0 fully saturated rings. The molecule has 0 amide bonds. The largest absolute Gasteiger partial charge is 0.387 e. The Morgan fingerprint density at radius 3 is 2.91 bits per heavy atom. The molecule has 0 spiro atoms. The number of halogens is 2. The number of aromatic nitrogens is 2. The van der Waals surface area contributed by atoms with Gasteiger partial charge in [0.1, 0.15) is 22.3 Å². The van der Waals surface area contributed by atoms with Crippen molar-refractivity contribution >= 4 is 39.0 Å². The molecule has 0 bridgehead atoms. The second-order valence-corrected chi connectivity index (χ2v) is 6.35. The zero-order valence-electron chi connectivity index (χ0n) is 12.4. The molecule has 3 aromatic rings. The Hall–Kier alpha value is -1.76. The van der Waals surface area contributed by atoms with Crippen LogP contribution in [-0.2, 0) is 6.42 Å². The van der Waals surface area contributed by atoms with E-state index < -0.39 is 11.9 Å². The number of nitrogens with zero attached hydrogens (tertiary/aromatic N) is 2. The first-order valence-electron chi connectivity index (χ1n) is 7.19. The summed E-state index contributed by atoms with van der Waals surface area (Å²) in [6, 6.07) is 6.23. The maximum Gasteiger partial charge on any atom is 0.142 e. The van der Waals surface area contributed by atoms with Gasteiger partial charge in [0.05, 0.1) is 16.5 Å². The fraction of sp³-hybridized carbons (Fsp3) is 0.250. The van der Waals surface area contributed by atoms with E-state index in [0.29, 0.717) is 11.4 Å². The summed E-state index contributed by atoms with van der Waals surface area (Å²) in [5.74, 6) is 0.884. The molecule has 120 valence electrons. The minimum atomic E-state index is -0.865. The molecule has 0 aliphatic rings. The number of rotatable bonds is 5. The molecule has 2 N–H and O–H groups in total. The Kier molecular flexibility index (Phi) is 4.75. The van der Waals surface area contributed by atoms with Gasteiger partial charge in [-0.1, -0.05) is 24.6 Å². The maximum atomic E-state index is 13.5. The molecule has 1 atom stereocenters. The lowest BCUT2D eigenvalue weighted by molar-refractivity contribution is 0.191. The minimum absolute atomic E-state index is 0.0391. The first-order valence-corrected chi connectivity index (χ1v) is 8.45. The quantitative estimate of drug-likeness (QED) is 0.723. The van der Waals surface area contributed by atoms with E-state index in [4.69, 9.17) is 11.6 Å². The Balaban J connectivity index is 1.79. The molecule has 0 aliphatic heterocycles. The topological polar surface area (TPSA) is 58.0 Å². The number of benzene rings is 1. The Morgan fingerprint density at radius 2 is 2.17 bits per heavy atom. The van der Waals surface area contributed by atoms with Gasteiger partial charge in [0.25, 0.3) is 0 Å². The van der Waals surface area contributed by atoms with Gasteiger partial charge in [-0.05, 0) is 29.1 Å². The molecule has 0 aliphatic carbocycles. The Bertz CT molecular complexity index is 839. The lowest BCUT2D eigenvalue weighted by Crippen LogP contribution is -2.14. The van der Waals surface area contributed by atoms with E-state index >= 15 is 0 Å². The van der Waals surface area contributed by atoms with Crippen molar-refractivity contribution in [3.63, 3.8) is 0 Å². The summed E-state index contributed by atoms with van der Waals surface area (Å²) in [6.45, 7) is 2.20. The SMILES string of the molecule is CCc1nc(NCC(O)c2ccc(Cl)c(F)c2)c2ccsc2n1. The summed E-state index contributed by atoms with van der Waals surface area (Å²) in [6.07, 6.45) is -0.136. The number of anilines is 1. The second kappa shape index (κ2) is 6.78. The fourth-order valence-corrected chi connectivity index (χ4v) is 3.12. The van der Waals surface area contributed by atoms with E-state index in [1.807, 2.05) is 18.4 Å². The molecule has 2 heterocycles. The van der Waals surface area contributed by atoms with Crippen LogP contribution in [0.15, 0.2) is 29.6 Å². The third kappa shape index (κ3) is 3.44. The number of fused-ring (bicyclic) bond motifs is 1. The van der Waals surface area contributed by atoms with Crippen molar-refractivity contribution in [2.75, 3.05) is 11.9 Å². The summed E-state index contributed by atoms with van der Waals surface area (Å²) >= 11 is 7.20. The van der Waals surface area contributed by atoms with Gasteiger partial charge in [-0.2, -0.15) is 0 Å². The molecule has 0 saturated heterocycles. The fourth-order valence-electron chi connectivity index (χ4n) is 2.22. The van der Waals surface area contributed by atoms with Gasteiger partial charge >= 0.3 is 0 Å². The number of hydrogen-bond acceptors (Lipinski definition) is 5. The molecule has 7 heteroatoms. The van der Waals surface area contributed by atoms with Crippen molar-refractivity contribution in [3.8, 4) is 0 Å². The molecule has 23 heavy (non-hydrogen) atoms. The maximum absolute atomic E-state index is 13.5. The number of hydrogen-bond donors (Lipinski definition) is 2. The van der Waals surface area contributed by atoms with Crippen LogP contribution in [0.1, 0.15) is 24.4 Å². The highest BCUT2D eigenvalue weighted by Gasteiger charge is 2.13. The van der Waals surface area contributed by atoms with Gasteiger partial charge in [-0.15, -0.1) is 11.3 Å². The van der Waals surface area contributed by atoms with Gasteiger partial charge < -0.3 is 10.4 Å². The molecule has 4 nitrogen and oxygen atoms in total. The van der Waals surface area contributed by atoms with Crippen LogP contribution < -0.4 is 5.32 Å². The van der Waals surface area contributed by atoms with E-state index in [9.17, 15) is 9.50 Å². The molecule has 3 rings (SSSR count). The molecule has 0 radical (unpaired) electrons. The highest BCUT2D eigenvalue weighted by molar-refractivity contribution is 7.16. The summed E-state index contributed by atoms with van der Waals surface area (Å²) in [4.78, 5) is 9.84. The van der Waals surface area contributed by atoms with Crippen molar-refractivity contribution in [1.29, 1.82) is 0 Å². The average Bonchev–Trinajstić information content (AvgIpc) is 3.03. The zero-order chi connectivity index (χ0) is 16.4. The Labute approximate surface area is 142 Å². The number of aliphatic hydroxyl groups is 1. The van der Waals surface area contributed by atoms with Crippen molar-refractivity contribution in [1.82, 2.24) is 9.97 Å². The van der Waals surface area contributed by atoms with Crippen LogP contribution in [-0.4, -0.2) is 21.6 Å². The van der Waals surface area contributed by atoms with E-state index in [-0.39, 0.29) is 11.6 Å². The second-order valence-electron chi connectivity index (χ2n) is 5.05. The van der Waals surface area contributed by atoms with Gasteiger partial charge in [-0.25, -0.2) is 14.4 Å². The number of aliphatic hydroxyl groups excluding tert-OH is 1. The van der Waals surface area contributed by atoms with Crippen molar-refractivity contribution in [2.24, 2.45) is 0 Å². The van der Waals surface area contributed by atoms with Crippen LogP contribution in [0.2, 0.25) is 5.02 Å². The lowest BCUT2D eigenvalue weighted by Gasteiger charge is -2.14. The summed E-state index contributed by atoms with van der Waals surface area (Å²) in [7, 11) is 0. The number of aryl methyl sites for hydroxylation is 1. The summed E-state index contributed by atoms with van der Waals surface area (Å²) < 4.78 is 13.5. The highest BCUT2D eigenvalue weighted by Crippen LogP contribution is 2.26. The minimum Gasteiger partial charge on any atom is -0.387 e. The summed E-state index contributed by atoms with van der Waals surface area (Å²) in [5.41, 5.74) is 0.464. The standard InChI is InChI=1S/C16H15ClFN3OS/c1-2-14-20-15(10-5-6-23-16(10)21-14)19-8-13(22)9-3-4-11(17)12(18)7-9/h3-7,13,22H,2,8H2,1H3,(H,19,20,21). The Morgan fingerprint density at radius 1 is 1.35 bits per heavy atom. The predicted octanol–water partition coefficient (Wildman–Crippen LogP) is 4.19. The number of thiophene rings is 1. The smallest absolute Gasteiger partial charge is 0.142 e. The molecular formula is C16H15ClFN3OS. The lowest BCUT2D eigenvalue weighted by atomic mass is 10.1. The van der Waals surface area contributed by atoms with Crippen molar-refractivity contribution < 1.29 is 9.50 Å². The van der Waals surface area contributed by atoms with E-state index in [0.717, 1.165) is 22.5 Å². The van der Waals surface area contributed by atoms with E-state index in [1.165, 1.54) is 12.1 Å². The monoisotopic (exact) mass is 351 g/mol. The third-order valence-electron chi connectivity index (χ3n) is 3.48. The molecule has 0 saturated carbocycles. The van der Waals surface area contributed by atoms with Gasteiger partial charge in [0.15, 0.2) is 0 Å². The third-order valence-corrected chi connectivity index (χ3v) is 4.59. The molecule has 2 aromatic heterocycles. The molecule has 1 unspecified atom stereocenters. The normalized spacial score (nSPS) is 12.5. The number of nitrogens with one attached hydrogen (secondary N) is 1. The van der Waals surface area contributed by atoms with Crippen molar-refractivity contribution in [2.45, 2.75) is 19.4 Å². The average molecular weight is 352 g/mol. The van der Waals surface area contributed by atoms with Crippen molar-refractivity contribution in [3.05, 3.63) is 51.9 Å². The highest BCUT2D eigenvalue weighted by atomic mass is 35.5. The van der Waals surface area contributed by atoms with E-state index in [2.05, 4.69) is 15.3 Å². The van der Waals surface area contributed by atoms with Gasteiger partial charge in [-0.3, -0.25) is 0 Å². The van der Waals surface area contributed by atoms with Crippen LogP contribution in [0, 0.1) is 5.82 Å². The van der Waals surface area contributed by atoms with Gasteiger partial charge in [0, 0.05) is 13.0 Å².